The number of aromatic hydroxyl groups is 1. The fourth-order valence-corrected chi connectivity index (χ4v) is 3.40. The zero-order valence-electron chi connectivity index (χ0n) is 15.0. The van der Waals surface area contributed by atoms with E-state index in [-0.39, 0.29) is 23.3 Å². The van der Waals surface area contributed by atoms with Crippen molar-refractivity contribution in [1.82, 2.24) is 4.57 Å². The maximum absolute atomic E-state index is 11.4. The summed E-state index contributed by atoms with van der Waals surface area (Å²) in [7, 11) is -4.10. The summed E-state index contributed by atoms with van der Waals surface area (Å²) in [6, 6.07) is 10.2. The van der Waals surface area contributed by atoms with Crippen LogP contribution in [0.5, 0.6) is 5.88 Å². The Balaban J connectivity index is 2.15. The van der Waals surface area contributed by atoms with Crippen molar-refractivity contribution in [2.45, 2.75) is 24.8 Å². The van der Waals surface area contributed by atoms with E-state index in [2.05, 4.69) is 10.2 Å². The molecule has 28 heavy (non-hydrogen) atoms. The lowest BCUT2D eigenvalue weighted by Gasteiger charge is -2.10. The highest BCUT2D eigenvalue weighted by Crippen LogP contribution is 2.42. The number of hydrogen-bond acceptors (Lipinski definition) is 7. The summed E-state index contributed by atoms with van der Waals surface area (Å²) >= 11 is 0. The molecule has 0 radical (unpaired) electrons. The first-order chi connectivity index (χ1) is 13.1. The molecule has 0 saturated carbocycles. The third-order valence-corrected chi connectivity index (χ3v) is 5.02. The van der Waals surface area contributed by atoms with Crippen molar-refractivity contribution < 1.29 is 18.4 Å². The Bertz CT molecular complexity index is 1210. The molecule has 146 valence electrons. The van der Waals surface area contributed by atoms with E-state index >= 15 is 0 Å². The molecule has 0 aliphatic rings. The van der Waals surface area contributed by atoms with Crippen molar-refractivity contribution in [3.05, 3.63) is 52.6 Å². The van der Waals surface area contributed by atoms with Gasteiger partial charge in [0.1, 0.15) is 0 Å². The van der Waals surface area contributed by atoms with Gasteiger partial charge in [-0.05, 0) is 32.0 Å². The standard InChI is InChI=1S/C17H17N5O5S/c1-10(2)21-14-6-4-3-5-12(14)16(17(21)23)20-19-13-8-7-11(28(18,26)27)9-15(13)22(24)25/h3-10,23H,1-2H3,(H2,18,26,27). The fraction of sp³-hybridized carbons (Fsp3) is 0.176. The van der Waals surface area contributed by atoms with Crippen molar-refractivity contribution in [2.24, 2.45) is 15.4 Å². The van der Waals surface area contributed by atoms with Crippen LogP contribution in [0.1, 0.15) is 19.9 Å². The number of para-hydroxylation sites is 1. The summed E-state index contributed by atoms with van der Waals surface area (Å²) in [6.45, 7) is 3.79. The van der Waals surface area contributed by atoms with E-state index in [0.717, 1.165) is 23.7 Å². The third kappa shape index (κ3) is 3.44. The van der Waals surface area contributed by atoms with Crippen molar-refractivity contribution in [3.63, 3.8) is 0 Å². The number of aromatic nitrogens is 1. The fourth-order valence-electron chi connectivity index (χ4n) is 2.87. The van der Waals surface area contributed by atoms with E-state index in [9.17, 15) is 23.6 Å². The van der Waals surface area contributed by atoms with Crippen molar-refractivity contribution in [2.75, 3.05) is 0 Å². The lowest BCUT2D eigenvalue weighted by molar-refractivity contribution is -0.384. The molecule has 0 spiro atoms. The van der Waals surface area contributed by atoms with Crippen LogP contribution in [0.3, 0.4) is 0 Å². The van der Waals surface area contributed by atoms with E-state index in [1.807, 2.05) is 26.0 Å². The van der Waals surface area contributed by atoms with E-state index in [1.54, 1.807) is 16.7 Å². The monoisotopic (exact) mass is 403 g/mol. The minimum atomic E-state index is -4.10. The number of nitrogens with zero attached hydrogens (tertiary/aromatic N) is 4. The predicted octanol–water partition coefficient (Wildman–Crippen LogP) is 3.90. The number of sulfonamides is 1. The highest BCUT2D eigenvalue weighted by molar-refractivity contribution is 7.89. The highest BCUT2D eigenvalue weighted by Gasteiger charge is 2.21. The number of nitro benzene ring substituents is 1. The van der Waals surface area contributed by atoms with E-state index in [0.29, 0.717) is 5.39 Å². The average molecular weight is 403 g/mol. The molecule has 0 unspecified atom stereocenters. The molecule has 10 nitrogen and oxygen atoms in total. The molecule has 0 bridgehead atoms. The predicted molar refractivity (Wildman–Crippen MR) is 103 cm³/mol. The maximum atomic E-state index is 11.4. The van der Waals surface area contributed by atoms with Crippen LogP contribution >= 0.6 is 0 Å². The Morgan fingerprint density at radius 3 is 2.46 bits per heavy atom. The molecule has 3 N–H and O–H groups in total. The van der Waals surface area contributed by atoms with Gasteiger partial charge in [0, 0.05) is 17.5 Å². The third-order valence-electron chi connectivity index (χ3n) is 4.10. The summed E-state index contributed by atoms with van der Waals surface area (Å²) in [5.74, 6) is -0.122. The van der Waals surface area contributed by atoms with Gasteiger partial charge >= 0.3 is 0 Å². The smallest absolute Gasteiger partial charge is 0.298 e. The van der Waals surface area contributed by atoms with Gasteiger partial charge < -0.3 is 9.67 Å². The molecule has 3 rings (SSSR count). The van der Waals surface area contributed by atoms with Gasteiger partial charge in [0.25, 0.3) is 5.69 Å². The summed E-state index contributed by atoms with van der Waals surface area (Å²) in [5, 5.41) is 35.4. The number of rotatable bonds is 5. The molecular weight excluding hydrogens is 386 g/mol. The van der Waals surface area contributed by atoms with Gasteiger partial charge in [0.15, 0.2) is 11.4 Å². The van der Waals surface area contributed by atoms with Gasteiger partial charge in [-0.1, -0.05) is 18.2 Å². The number of nitro groups is 1. The van der Waals surface area contributed by atoms with Crippen molar-refractivity contribution in [3.8, 4) is 5.88 Å². The first-order valence-corrected chi connectivity index (χ1v) is 9.70. The van der Waals surface area contributed by atoms with Gasteiger partial charge in [-0.15, -0.1) is 10.2 Å². The van der Waals surface area contributed by atoms with Gasteiger partial charge in [-0.3, -0.25) is 10.1 Å². The van der Waals surface area contributed by atoms with Crippen LogP contribution in [-0.2, 0) is 10.0 Å². The largest absolute Gasteiger partial charge is 0.493 e. The van der Waals surface area contributed by atoms with Crippen LogP contribution in [0.25, 0.3) is 10.9 Å². The van der Waals surface area contributed by atoms with Crippen LogP contribution in [0, 0.1) is 10.1 Å². The van der Waals surface area contributed by atoms with Crippen LogP contribution in [0.2, 0.25) is 0 Å². The molecule has 0 atom stereocenters. The quantitative estimate of drug-likeness (QED) is 0.376. The van der Waals surface area contributed by atoms with E-state index in [4.69, 9.17) is 5.14 Å². The molecule has 0 fully saturated rings. The maximum Gasteiger partial charge on any atom is 0.298 e. The van der Waals surface area contributed by atoms with Crippen LogP contribution in [0.4, 0.5) is 17.1 Å². The molecule has 0 saturated heterocycles. The first-order valence-electron chi connectivity index (χ1n) is 8.16. The highest BCUT2D eigenvalue weighted by atomic mass is 32.2. The SMILES string of the molecule is CC(C)n1c(O)c(N=Nc2ccc(S(N)(=O)=O)cc2[N+](=O)[O-])c2ccccc21. The van der Waals surface area contributed by atoms with E-state index in [1.165, 1.54) is 0 Å². The number of hydrogen-bond donors (Lipinski definition) is 2. The number of primary sulfonamides is 1. The summed E-state index contributed by atoms with van der Waals surface area (Å²) in [5.41, 5.74) is 0.165. The summed E-state index contributed by atoms with van der Waals surface area (Å²) < 4.78 is 24.5. The van der Waals surface area contributed by atoms with Crippen LogP contribution < -0.4 is 5.14 Å². The molecule has 11 heteroatoms. The number of benzene rings is 2. The van der Waals surface area contributed by atoms with Crippen molar-refractivity contribution in [1.29, 1.82) is 0 Å². The lowest BCUT2D eigenvalue weighted by Crippen LogP contribution is -2.12. The Hall–Kier alpha value is -3.31. The molecular formula is C17H17N5O5S. The average Bonchev–Trinajstić information content (AvgIpc) is 2.90. The summed E-state index contributed by atoms with van der Waals surface area (Å²) in [4.78, 5) is 10.1. The Morgan fingerprint density at radius 1 is 1.18 bits per heavy atom. The second-order valence-electron chi connectivity index (χ2n) is 6.31. The van der Waals surface area contributed by atoms with Crippen LogP contribution in [0.15, 0.2) is 57.6 Å². The second-order valence-corrected chi connectivity index (χ2v) is 7.87. The van der Waals surface area contributed by atoms with Gasteiger partial charge in [-0.25, -0.2) is 13.6 Å². The molecule has 1 aromatic heterocycles. The normalized spacial score (nSPS) is 12.3. The Kier molecular flexibility index (Phi) is 4.87. The van der Waals surface area contributed by atoms with Gasteiger partial charge in [-0.2, -0.15) is 0 Å². The molecule has 3 aromatic rings. The zero-order valence-corrected chi connectivity index (χ0v) is 15.8. The Labute approximate surface area is 160 Å². The minimum Gasteiger partial charge on any atom is -0.493 e. The number of fused-ring (bicyclic) bond motifs is 1. The zero-order chi connectivity index (χ0) is 20.6. The molecule has 1 heterocycles. The Morgan fingerprint density at radius 2 is 1.86 bits per heavy atom. The summed E-state index contributed by atoms with van der Waals surface area (Å²) in [6.07, 6.45) is 0. The topological polar surface area (TPSA) is 153 Å². The second kappa shape index (κ2) is 7.02. The number of azo groups is 1. The minimum absolute atomic E-state index is 0.0581. The molecule has 0 amide bonds. The van der Waals surface area contributed by atoms with Crippen LogP contribution in [-0.4, -0.2) is 23.0 Å². The van der Waals surface area contributed by atoms with Crippen molar-refractivity contribution >= 4 is 38.0 Å². The van der Waals surface area contributed by atoms with Gasteiger partial charge in [0.2, 0.25) is 15.9 Å². The van der Waals surface area contributed by atoms with E-state index < -0.39 is 25.5 Å². The molecule has 0 aliphatic heterocycles. The molecule has 2 aromatic carbocycles. The number of nitrogens with two attached hydrogens (primary N) is 1. The lowest BCUT2D eigenvalue weighted by atomic mass is 10.2. The van der Waals surface area contributed by atoms with Gasteiger partial charge in [0.05, 0.1) is 15.3 Å². The first kappa shape index (κ1) is 19.5. The molecule has 0 aliphatic carbocycles.